The van der Waals surface area contributed by atoms with Gasteiger partial charge in [-0.15, -0.1) is 11.3 Å². The summed E-state index contributed by atoms with van der Waals surface area (Å²) in [5.74, 6) is 0. The molecule has 5 heteroatoms. The maximum atomic E-state index is 11.9. The van der Waals surface area contributed by atoms with Crippen LogP contribution in [0.2, 0.25) is 0 Å². The second kappa shape index (κ2) is 4.57. The predicted octanol–water partition coefficient (Wildman–Crippen LogP) is 0.824. The Morgan fingerprint density at radius 1 is 1.59 bits per heavy atom. The minimum absolute atomic E-state index is 0.0387. The molecule has 1 heterocycles. The van der Waals surface area contributed by atoms with Gasteiger partial charge in [-0.2, -0.15) is 0 Å². The molecular formula is C12H13N3OS. The Labute approximate surface area is 104 Å². The van der Waals surface area contributed by atoms with Crippen molar-refractivity contribution in [3.8, 4) is 6.07 Å². The first-order valence-electron chi connectivity index (χ1n) is 5.00. The molecule has 0 atom stereocenters. The molecule has 0 radical (unpaired) electrons. The van der Waals surface area contributed by atoms with Crippen LogP contribution in [0.1, 0.15) is 20.8 Å². The van der Waals surface area contributed by atoms with Crippen LogP contribution in [0, 0.1) is 23.3 Å². The Bertz CT molecular complexity index is 671. The molecule has 0 aliphatic rings. The topological polar surface area (TPSA) is 50.1 Å². The molecule has 1 aromatic rings. The van der Waals surface area contributed by atoms with E-state index in [1.165, 1.54) is 15.9 Å². The van der Waals surface area contributed by atoms with E-state index in [9.17, 15) is 4.79 Å². The Morgan fingerprint density at radius 3 is 2.59 bits per heavy atom. The van der Waals surface area contributed by atoms with Crippen molar-refractivity contribution >= 4 is 23.1 Å². The number of nitriles is 1. The average molecular weight is 247 g/mol. The molecule has 0 unspecified atom stereocenters. The second-order valence-electron chi connectivity index (χ2n) is 4.72. The molecule has 1 aromatic heterocycles. The molecule has 0 spiro atoms. The van der Waals surface area contributed by atoms with E-state index in [4.69, 9.17) is 11.8 Å². The molecule has 0 amide bonds. The molecule has 17 heavy (non-hydrogen) atoms. The number of hydrogen-bond acceptors (Lipinski definition) is 3. The van der Waals surface area contributed by atoms with Gasteiger partial charge in [0.15, 0.2) is 0 Å². The smallest absolute Gasteiger partial charge is 0.294 e. The van der Waals surface area contributed by atoms with Gasteiger partial charge in [0.25, 0.3) is 11.3 Å². The first-order valence-corrected chi connectivity index (χ1v) is 5.82. The summed E-state index contributed by atoms with van der Waals surface area (Å²) in [7, 11) is 1.58. The highest BCUT2D eigenvalue weighted by atomic mass is 32.1. The van der Waals surface area contributed by atoms with Crippen molar-refractivity contribution in [2.75, 3.05) is 0 Å². The van der Waals surface area contributed by atoms with Crippen molar-refractivity contribution in [2.45, 2.75) is 20.8 Å². The standard InChI is InChI=1S/C12H13N3OS/c1-12(2,3)6-9-10(16)15(5)11(17-9)8(7-13)14-4/h6H,1-3,5H3/b9-6-,11-8-. The normalized spacial score (nSPS) is 14.1. The molecule has 0 saturated carbocycles. The monoisotopic (exact) mass is 247 g/mol. The van der Waals surface area contributed by atoms with Crippen molar-refractivity contribution in [1.82, 2.24) is 4.57 Å². The Balaban J connectivity index is 3.80. The van der Waals surface area contributed by atoms with Crippen molar-refractivity contribution in [1.29, 1.82) is 5.26 Å². The van der Waals surface area contributed by atoms with E-state index < -0.39 is 0 Å². The fourth-order valence-corrected chi connectivity index (χ4v) is 2.54. The summed E-state index contributed by atoms with van der Waals surface area (Å²) in [4.78, 5) is 15.1. The largest absolute Gasteiger partial charge is 0.310 e. The molecule has 0 aromatic carbocycles. The van der Waals surface area contributed by atoms with Gasteiger partial charge in [-0.1, -0.05) is 26.8 Å². The third kappa shape index (κ3) is 2.83. The van der Waals surface area contributed by atoms with Gasteiger partial charge >= 0.3 is 0 Å². The van der Waals surface area contributed by atoms with Gasteiger partial charge in [-0.3, -0.25) is 4.79 Å². The second-order valence-corrected chi connectivity index (χ2v) is 5.75. The summed E-state index contributed by atoms with van der Waals surface area (Å²) in [6.07, 6.45) is 1.86. The number of aromatic nitrogens is 1. The molecule has 88 valence electrons. The zero-order valence-corrected chi connectivity index (χ0v) is 11.1. The number of rotatable bonds is 0. The van der Waals surface area contributed by atoms with Crippen LogP contribution in [-0.4, -0.2) is 4.57 Å². The van der Waals surface area contributed by atoms with Gasteiger partial charge in [0.1, 0.15) is 4.66 Å². The molecule has 0 saturated heterocycles. The van der Waals surface area contributed by atoms with Crippen LogP contribution < -0.4 is 14.8 Å². The number of thiazole rings is 1. The Morgan fingerprint density at radius 2 is 2.18 bits per heavy atom. The minimum atomic E-state index is -0.156. The predicted molar refractivity (Wildman–Crippen MR) is 68.4 cm³/mol. The molecule has 0 aliphatic heterocycles. The van der Waals surface area contributed by atoms with Gasteiger partial charge in [0.2, 0.25) is 0 Å². The van der Waals surface area contributed by atoms with Crippen LogP contribution in [0.15, 0.2) is 4.79 Å². The van der Waals surface area contributed by atoms with E-state index in [0.29, 0.717) is 9.20 Å². The molecule has 0 bridgehead atoms. The molecular weight excluding hydrogens is 234 g/mol. The van der Waals surface area contributed by atoms with Crippen LogP contribution in [0.3, 0.4) is 0 Å². The third-order valence-electron chi connectivity index (χ3n) is 2.01. The lowest BCUT2D eigenvalue weighted by Crippen LogP contribution is -2.30. The summed E-state index contributed by atoms with van der Waals surface area (Å²) in [5, 5.41) is 8.82. The van der Waals surface area contributed by atoms with Gasteiger partial charge in [-0.25, -0.2) is 10.1 Å². The van der Waals surface area contributed by atoms with E-state index in [1.807, 2.05) is 32.9 Å². The zero-order valence-electron chi connectivity index (χ0n) is 10.2. The van der Waals surface area contributed by atoms with E-state index in [2.05, 4.69) is 4.85 Å². The lowest BCUT2D eigenvalue weighted by Gasteiger charge is -2.09. The zero-order chi connectivity index (χ0) is 13.2. The SMILES string of the molecule is [C-]#[N+]/C(C#N)=c1\s/c(=C\C(C)(C)C)c(=O)n1C. The van der Waals surface area contributed by atoms with Crippen molar-refractivity contribution in [3.63, 3.8) is 0 Å². The third-order valence-corrected chi connectivity index (χ3v) is 3.18. The summed E-state index contributed by atoms with van der Waals surface area (Å²) < 4.78 is 2.35. The maximum Gasteiger partial charge on any atom is 0.294 e. The number of hydrogen-bond donors (Lipinski definition) is 0. The highest BCUT2D eigenvalue weighted by Crippen LogP contribution is 2.13. The van der Waals surface area contributed by atoms with Crippen LogP contribution in [-0.2, 0) is 7.05 Å². The summed E-state index contributed by atoms with van der Waals surface area (Å²) in [6.45, 7) is 12.9. The van der Waals surface area contributed by atoms with Gasteiger partial charge in [0, 0.05) is 7.05 Å². The van der Waals surface area contributed by atoms with E-state index in [0.717, 1.165) is 0 Å². The van der Waals surface area contributed by atoms with E-state index in [-0.39, 0.29) is 16.7 Å². The molecule has 4 nitrogen and oxygen atoms in total. The highest BCUT2D eigenvalue weighted by molar-refractivity contribution is 7.07. The van der Waals surface area contributed by atoms with Crippen molar-refractivity contribution < 1.29 is 0 Å². The fourth-order valence-electron chi connectivity index (χ4n) is 1.29. The van der Waals surface area contributed by atoms with Crippen molar-refractivity contribution in [3.05, 3.63) is 31.0 Å². The first-order chi connectivity index (χ1) is 7.80. The van der Waals surface area contributed by atoms with Crippen LogP contribution in [0.4, 0.5) is 0 Å². The first kappa shape index (κ1) is 13.2. The molecule has 0 aliphatic carbocycles. The quantitative estimate of drug-likeness (QED) is 0.637. The fraction of sp³-hybridized carbons (Fsp3) is 0.417. The Hall–Kier alpha value is -1.85. The lowest BCUT2D eigenvalue weighted by molar-refractivity contribution is 0.584. The van der Waals surface area contributed by atoms with Gasteiger partial charge in [0.05, 0.1) is 17.2 Å². The number of nitrogens with zero attached hydrogens (tertiary/aromatic N) is 3. The van der Waals surface area contributed by atoms with Gasteiger partial charge in [-0.05, 0) is 5.41 Å². The van der Waals surface area contributed by atoms with E-state index in [1.54, 1.807) is 7.05 Å². The average Bonchev–Trinajstić information content (AvgIpc) is 2.47. The van der Waals surface area contributed by atoms with E-state index >= 15 is 0 Å². The summed E-state index contributed by atoms with van der Waals surface area (Å²) in [5.41, 5.74) is -0.307. The van der Waals surface area contributed by atoms with Gasteiger partial charge < -0.3 is 4.57 Å². The minimum Gasteiger partial charge on any atom is -0.310 e. The summed E-state index contributed by atoms with van der Waals surface area (Å²) >= 11 is 1.19. The highest BCUT2D eigenvalue weighted by Gasteiger charge is 2.10. The van der Waals surface area contributed by atoms with Crippen LogP contribution >= 0.6 is 11.3 Å². The molecule has 0 fully saturated rings. The molecule has 0 N–H and O–H groups in total. The molecule has 1 rings (SSSR count). The van der Waals surface area contributed by atoms with Crippen LogP contribution in [0.5, 0.6) is 0 Å². The van der Waals surface area contributed by atoms with Crippen LogP contribution in [0.25, 0.3) is 16.6 Å². The lowest BCUT2D eigenvalue weighted by atomic mass is 9.97. The van der Waals surface area contributed by atoms with Crippen molar-refractivity contribution in [2.24, 2.45) is 12.5 Å². The Kier molecular flexibility index (Phi) is 3.55. The summed E-state index contributed by atoms with van der Waals surface area (Å²) in [6, 6.07) is 1.81. The maximum absolute atomic E-state index is 11.9.